The van der Waals surface area contributed by atoms with Gasteiger partial charge in [0.2, 0.25) is 0 Å². The Balaban J connectivity index is 0.00000289. The molecule has 10 heteroatoms. The summed E-state index contributed by atoms with van der Waals surface area (Å²) >= 11 is 0. The van der Waals surface area contributed by atoms with Crippen LogP contribution < -0.4 is 14.8 Å². The summed E-state index contributed by atoms with van der Waals surface area (Å²) in [6, 6.07) is 15.8. The molecule has 0 radical (unpaired) electrons. The van der Waals surface area contributed by atoms with Gasteiger partial charge in [0.25, 0.3) is 0 Å². The largest absolute Gasteiger partial charge is 0.490 e. The lowest BCUT2D eigenvalue weighted by Gasteiger charge is -2.13. The summed E-state index contributed by atoms with van der Waals surface area (Å²) in [5.41, 5.74) is 1.93. The van der Waals surface area contributed by atoms with Crippen LogP contribution >= 0.6 is 12.4 Å². The molecule has 2 heterocycles. The van der Waals surface area contributed by atoms with E-state index in [2.05, 4.69) is 30.4 Å². The van der Waals surface area contributed by atoms with Crippen LogP contribution in [0.3, 0.4) is 0 Å². The molecule has 0 saturated carbocycles. The van der Waals surface area contributed by atoms with E-state index in [0.29, 0.717) is 18.1 Å². The smallest absolute Gasteiger partial charge is 0.346 e. The van der Waals surface area contributed by atoms with E-state index in [1.807, 2.05) is 68.0 Å². The van der Waals surface area contributed by atoms with E-state index in [4.69, 9.17) is 9.47 Å². The van der Waals surface area contributed by atoms with E-state index in [1.54, 1.807) is 10.9 Å². The fraction of sp³-hybridized carbons (Fsp3) is 0.273. The SMILES string of the molecule is CCOc1cc(CNCCCn2ccnc2)ccc1Oc1nnnn1-c1ccccc1.Cl. The first-order valence-corrected chi connectivity index (χ1v) is 10.3. The Labute approximate surface area is 192 Å². The second-order valence-corrected chi connectivity index (χ2v) is 6.86. The number of ether oxygens (including phenoxy) is 2. The summed E-state index contributed by atoms with van der Waals surface area (Å²) in [7, 11) is 0. The van der Waals surface area contributed by atoms with Gasteiger partial charge in [-0.25, -0.2) is 4.98 Å². The molecule has 168 valence electrons. The maximum absolute atomic E-state index is 6.00. The molecule has 0 spiro atoms. The van der Waals surface area contributed by atoms with Crippen LogP contribution in [-0.2, 0) is 13.1 Å². The Morgan fingerprint density at radius 2 is 1.94 bits per heavy atom. The number of aryl methyl sites for hydroxylation is 1. The fourth-order valence-corrected chi connectivity index (χ4v) is 3.13. The number of tetrazole rings is 1. The highest BCUT2D eigenvalue weighted by Crippen LogP contribution is 2.32. The van der Waals surface area contributed by atoms with Crippen molar-refractivity contribution in [2.24, 2.45) is 0 Å². The van der Waals surface area contributed by atoms with Crippen molar-refractivity contribution in [3.8, 4) is 23.2 Å². The summed E-state index contributed by atoms with van der Waals surface area (Å²) in [6.45, 7) is 5.07. The predicted molar refractivity (Wildman–Crippen MR) is 123 cm³/mol. The molecule has 0 bridgehead atoms. The highest BCUT2D eigenvalue weighted by atomic mass is 35.5. The van der Waals surface area contributed by atoms with Crippen LogP contribution in [0.25, 0.3) is 5.69 Å². The first-order valence-electron chi connectivity index (χ1n) is 10.3. The number of aromatic nitrogens is 6. The van der Waals surface area contributed by atoms with Crippen molar-refractivity contribution in [3.05, 3.63) is 72.8 Å². The molecule has 0 aliphatic carbocycles. The number of halogens is 1. The van der Waals surface area contributed by atoms with Crippen molar-refractivity contribution in [2.75, 3.05) is 13.2 Å². The molecular formula is C22H26ClN7O2. The number of hydrogen-bond acceptors (Lipinski definition) is 7. The minimum absolute atomic E-state index is 0. The zero-order valence-electron chi connectivity index (χ0n) is 17.8. The molecule has 0 amide bonds. The molecule has 4 aromatic rings. The average Bonchev–Trinajstić information content (AvgIpc) is 3.48. The van der Waals surface area contributed by atoms with Crippen LogP contribution in [0.4, 0.5) is 0 Å². The van der Waals surface area contributed by atoms with Crippen molar-refractivity contribution < 1.29 is 9.47 Å². The highest BCUT2D eigenvalue weighted by molar-refractivity contribution is 5.85. The number of nitrogens with zero attached hydrogens (tertiary/aromatic N) is 6. The summed E-state index contributed by atoms with van der Waals surface area (Å²) in [4.78, 5) is 4.06. The van der Waals surface area contributed by atoms with Gasteiger partial charge in [-0.05, 0) is 60.1 Å². The van der Waals surface area contributed by atoms with Crippen LogP contribution in [0.1, 0.15) is 18.9 Å². The van der Waals surface area contributed by atoms with E-state index >= 15 is 0 Å². The van der Waals surface area contributed by atoms with Gasteiger partial charge in [-0.15, -0.1) is 12.4 Å². The zero-order chi connectivity index (χ0) is 21.3. The van der Waals surface area contributed by atoms with Gasteiger partial charge in [-0.3, -0.25) is 0 Å². The minimum atomic E-state index is 0. The third kappa shape index (κ3) is 6.05. The molecule has 9 nitrogen and oxygen atoms in total. The maximum Gasteiger partial charge on any atom is 0.346 e. The monoisotopic (exact) mass is 455 g/mol. The zero-order valence-corrected chi connectivity index (χ0v) is 18.6. The Bertz CT molecular complexity index is 1070. The second kappa shape index (κ2) is 11.8. The molecule has 0 aliphatic heterocycles. The van der Waals surface area contributed by atoms with E-state index in [-0.39, 0.29) is 18.4 Å². The molecule has 2 aromatic carbocycles. The first-order chi connectivity index (χ1) is 15.3. The van der Waals surface area contributed by atoms with Crippen molar-refractivity contribution >= 4 is 12.4 Å². The van der Waals surface area contributed by atoms with Crippen molar-refractivity contribution in [1.82, 2.24) is 35.1 Å². The highest BCUT2D eigenvalue weighted by Gasteiger charge is 2.14. The lowest BCUT2D eigenvalue weighted by Crippen LogP contribution is -2.16. The summed E-state index contributed by atoms with van der Waals surface area (Å²) in [5.74, 6) is 1.22. The number of hydrogen-bond donors (Lipinski definition) is 1. The average molecular weight is 456 g/mol. The molecule has 0 saturated heterocycles. The fourth-order valence-electron chi connectivity index (χ4n) is 3.13. The summed E-state index contributed by atoms with van der Waals surface area (Å²) < 4.78 is 15.4. The third-order valence-corrected chi connectivity index (χ3v) is 4.61. The topological polar surface area (TPSA) is 91.9 Å². The van der Waals surface area contributed by atoms with E-state index in [0.717, 1.165) is 37.3 Å². The number of nitrogens with one attached hydrogen (secondary N) is 1. The molecule has 4 rings (SSSR count). The van der Waals surface area contributed by atoms with Crippen LogP contribution in [0.5, 0.6) is 17.5 Å². The Morgan fingerprint density at radius 1 is 1.06 bits per heavy atom. The van der Waals surface area contributed by atoms with Crippen LogP contribution in [0.2, 0.25) is 0 Å². The standard InChI is InChI=1S/C22H25N7O2.ClH/c1-2-30-21-15-18(16-23-11-6-13-28-14-12-24-17-28)9-10-20(21)31-22-25-26-27-29(22)19-7-4-3-5-8-19;/h3-5,7-10,12,14-15,17,23H,2,6,11,13,16H2,1H3;1H. The molecule has 0 unspecified atom stereocenters. The van der Waals surface area contributed by atoms with E-state index in [1.165, 1.54) is 0 Å². The first kappa shape index (κ1) is 23.2. The number of benzene rings is 2. The van der Waals surface area contributed by atoms with Gasteiger partial charge >= 0.3 is 6.01 Å². The molecule has 0 atom stereocenters. The number of para-hydroxylation sites is 1. The van der Waals surface area contributed by atoms with Gasteiger partial charge in [0.15, 0.2) is 11.5 Å². The predicted octanol–water partition coefficient (Wildman–Crippen LogP) is 3.65. The van der Waals surface area contributed by atoms with Crippen LogP contribution in [-0.4, -0.2) is 42.9 Å². The maximum atomic E-state index is 6.00. The Morgan fingerprint density at radius 3 is 2.72 bits per heavy atom. The van der Waals surface area contributed by atoms with E-state index < -0.39 is 0 Å². The van der Waals surface area contributed by atoms with Gasteiger partial charge in [0, 0.05) is 25.5 Å². The van der Waals surface area contributed by atoms with Gasteiger partial charge < -0.3 is 19.4 Å². The molecule has 32 heavy (non-hydrogen) atoms. The van der Waals surface area contributed by atoms with E-state index in [9.17, 15) is 0 Å². The number of imidazole rings is 1. The molecule has 2 aromatic heterocycles. The second-order valence-electron chi connectivity index (χ2n) is 6.86. The summed E-state index contributed by atoms with van der Waals surface area (Å²) in [6.07, 6.45) is 6.63. The Hall–Kier alpha value is -3.43. The van der Waals surface area contributed by atoms with Crippen LogP contribution in [0.15, 0.2) is 67.3 Å². The van der Waals surface area contributed by atoms with Gasteiger partial charge in [-0.2, -0.15) is 4.68 Å². The summed E-state index contributed by atoms with van der Waals surface area (Å²) in [5, 5.41) is 15.2. The van der Waals surface area contributed by atoms with Crippen molar-refractivity contribution in [3.63, 3.8) is 0 Å². The van der Waals surface area contributed by atoms with Gasteiger partial charge in [-0.1, -0.05) is 29.4 Å². The minimum Gasteiger partial charge on any atom is -0.490 e. The van der Waals surface area contributed by atoms with Gasteiger partial charge in [0.1, 0.15) is 0 Å². The van der Waals surface area contributed by atoms with Crippen molar-refractivity contribution in [2.45, 2.75) is 26.4 Å². The molecule has 1 N–H and O–H groups in total. The van der Waals surface area contributed by atoms with Gasteiger partial charge in [0.05, 0.1) is 18.6 Å². The normalized spacial score (nSPS) is 10.5. The Kier molecular flexibility index (Phi) is 8.59. The quantitative estimate of drug-likeness (QED) is 0.345. The lowest BCUT2D eigenvalue weighted by molar-refractivity contribution is 0.315. The van der Waals surface area contributed by atoms with Crippen molar-refractivity contribution in [1.29, 1.82) is 0 Å². The molecule has 0 fully saturated rings. The third-order valence-electron chi connectivity index (χ3n) is 4.61. The molecular weight excluding hydrogens is 430 g/mol. The number of rotatable bonds is 11. The van der Waals surface area contributed by atoms with Crippen LogP contribution in [0, 0.1) is 0 Å². The molecule has 0 aliphatic rings. The lowest BCUT2D eigenvalue weighted by atomic mass is 10.2.